The molecule has 3 aliphatic rings. The molecule has 0 aliphatic carbocycles. The number of amides is 3. The fraction of sp³-hybridized carbons (Fsp3) is 0.440. The van der Waals surface area contributed by atoms with Crippen molar-refractivity contribution in [2.75, 3.05) is 18.1 Å². The Morgan fingerprint density at radius 3 is 2.71 bits per heavy atom. The Kier molecular flexibility index (Phi) is 5.67. The average Bonchev–Trinajstić information content (AvgIpc) is 3.57. The second kappa shape index (κ2) is 8.54. The molecular weight excluding hydrogens is 454 g/mol. The van der Waals surface area contributed by atoms with Crippen molar-refractivity contribution < 1.29 is 23.9 Å². The van der Waals surface area contributed by atoms with Crippen LogP contribution in [0.4, 0.5) is 5.69 Å². The smallest absolute Gasteiger partial charge is 0.354 e. The maximum absolute atomic E-state index is 13.7. The Morgan fingerprint density at radius 1 is 1.18 bits per heavy atom. The van der Waals surface area contributed by atoms with Crippen LogP contribution in [-0.2, 0) is 19.1 Å². The largest absolute Gasteiger partial charge is 0.452 e. The standard InChI is InChI=1S/C25H27N3O5S/c1-16(2)27-23(31)17-7-3-4-8-18(17)28-21(29)11-12-25(27,28)24(32)33-15-22(30)26-13-5-9-19(26)20-10-6-14-34-20/h3-4,6-8,10,14,16,19H,5,9,11-13,15H2,1-2H3/t19-,25-/m0/s1. The highest BCUT2D eigenvalue weighted by molar-refractivity contribution is 7.10. The highest BCUT2D eigenvalue weighted by Gasteiger charge is 2.62. The number of fused-ring (bicyclic) bond motifs is 3. The zero-order valence-corrected chi connectivity index (χ0v) is 20.0. The molecule has 0 bridgehead atoms. The third-order valence-corrected chi connectivity index (χ3v) is 7.89. The summed E-state index contributed by atoms with van der Waals surface area (Å²) in [5.41, 5.74) is -0.802. The lowest BCUT2D eigenvalue weighted by Crippen LogP contribution is -2.70. The van der Waals surface area contributed by atoms with Gasteiger partial charge in [-0.3, -0.25) is 19.3 Å². The molecule has 3 amide bonds. The lowest BCUT2D eigenvalue weighted by molar-refractivity contribution is -0.163. The zero-order chi connectivity index (χ0) is 24.0. The normalized spacial score (nSPS) is 24.0. The summed E-state index contributed by atoms with van der Waals surface area (Å²) in [5, 5.41) is 1.99. The van der Waals surface area contributed by atoms with Crippen LogP contribution in [0.15, 0.2) is 41.8 Å². The Hall–Kier alpha value is -3.20. The van der Waals surface area contributed by atoms with Gasteiger partial charge in [0.05, 0.1) is 17.3 Å². The third-order valence-electron chi connectivity index (χ3n) is 6.91. The number of esters is 1. The average molecular weight is 482 g/mol. The van der Waals surface area contributed by atoms with Gasteiger partial charge in [0.15, 0.2) is 6.61 Å². The highest BCUT2D eigenvalue weighted by atomic mass is 32.1. The van der Waals surface area contributed by atoms with E-state index in [1.165, 1.54) is 9.80 Å². The van der Waals surface area contributed by atoms with E-state index in [4.69, 9.17) is 4.74 Å². The molecule has 4 heterocycles. The summed E-state index contributed by atoms with van der Waals surface area (Å²) < 4.78 is 5.60. The molecule has 1 aromatic carbocycles. The van der Waals surface area contributed by atoms with Crippen molar-refractivity contribution in [3.05, 3.63) is 52.2 Å². The molecule has 0 spiro atoms. The molecule has 2 fully saturated rings. The summed E-state index contributed by atoms with van der Waals surface area (Å²) in [7, 11) is 0. The van der Waals surface area contributed by atoms with Crippen molar-refractivity contribution in [3.8, 4) is 0 Å². The molecule has 9 heteroatoms. The van der Waals surface area contributed by atoms with Crippen molar-refractivity contribution >= 4 is 40.7 Å². The van der Waals surface area contributed by atoms with E-state index in [0.717, 1.165) is 17.7 Å². The van der Waals surface area contributed by atoms with Gasteiger partial charge in [-0.25, -0.2) is 4.79 Å². The minimum atomic E-state index is -1.59. The van der Waals surface area contributed by atoms with E-state index in [9.17, 15) is 19.2 Å². The predicted octanol–water partition coefficient (Wildman–Crippen LogP) is 3.34. The molecule has 178 valence electrons. The van der Waals surface area contributed by atoms with Crippen LogP contribution < -0.4 is 4.90 Å². The fourth-order valence-corrected chi connectivity index (χ4v) is 6.41. The van der Waals surface area contributed by atoms with Gasteiger partial charge >= 0.3 is 5.97 Å². The molecular formula is C25H27N3O5S. The van der Waals surface area contributed by atoms with E-state index in [0.29, 0.717) is 17.8 Å². The van der Waals surface area contributed by atoms with Crippen LogP contribution >= 0.6 is 11.3 Å². The molecule has 2 saturated heterocycles. The zero-order valence-electron chi connectivity index (χ0n) is 19.2. The molecule has 8 nitrogen and oxygen atoms in total. The Labute approximate surface area is 202 Å². The maximum atomic E-state index is 13.7. The summed E-state index contributed by atoms with van der Waals surface area (Å²) in [6, 6.07) is 10.4. The Morgan fingerprint density at radius 2 is 1.97 bits per heavy atom. The molecule has 5 rings (SSSR count). The van der Waals surface area contributed by atoms with Crippen LogP contribution in [0.3, 0.4) is 0 Å². The van der Waals surface area contributed by atoms with E-state index < -0.39 is 18.2 Å². The first-order chi connectivity index (χ1) is 16.4. The first-order valence-electron chi connectivity index (χ1n) is 11.6. The summed E-state index contributed by atoms with van der Waals surface area (Å²) >= 11 is 1.61. The SMILES string of the molecule is CC(C)N1C(=O)c2ccccc2N2C(=O)CC[C@@]21C(=O)OCC(=O)N1CCC[C@H]1c1cccs1. The van der Waals surface area contributed by atoms with E-state index in [2.05, 4.69) is 0 Å². The van der Waals surface area contributed by atoms with Gasteiger partial charge in [-0.1, -0.05) is 18.2 Å². The van der Waals surface area contributed by atoms with E-state index >= 15 is 0 Å². The number of hydrogen-bond acceptors (Lipinski definition) is 6. The highest BCUT2D eigenvalue weighted by Crippen LogP contribution is 2.46. The van der Waals surface area contributed by atoms with Gasteiger partial charge in [0, 0.05) is 30.3 Å². The van der Waals surface area contributed by atoms with Crippen LogP contribution in [0, 0.1) is 0 Å². The Balaban J connectivity index is 1.42. The number of thiophene rings is 1. The molecule has 34 heavy (non-hydrogen) atoms. The molecule has 2 atom stereocenters. The van der Waals surface area contributed by atoms with E-state index in [1.807, 2.05) is 31.4 Å². The van der Waals surface area contributed by atoms with Gasteiger partial charge in [-0.15, -0.1) is 11.3 Å². The van der Waals surface area contributed by atoms with Crippen molar-refractivity contribution in [3.63, 3.8) is 0 Å². The second-order valence-electron chi connectivity index (χ2n) is 9.17. The van der Waals surface area contributed by atoms with Crippen LogP contribution in [-0.4, -0.2) is 58.3 Å². The maximum Gasteiger partial charge on any atom is 0.354 e. The number of rotatable bonds is 5. The minimum absolute atomic E-state index is 0.00998. The number of para-hydroxylation sites is 1. The first-order valence-corrected chi connectivity index (χ1v) is 12.5. The van der Waals surface area contributed by atoms with E-state index in [1.54, 1.807) is 40.5 Å². The van der Waals surface area contributed by atoms with Gasteiger partial charge < -0.3 is 14.5 Å². The number of ether oxygens (including phenoxy) is 1. The van der Waals surface area contributed by atoms with Crippen LogP contribution in [0.25, 0.3) is 0 Å². The molecule has 1 aromatic heterocycles. The van der Waals surface area contributed by atoms with Crippen molar-refractivity contribution in [2.45, 2.75) is 57.3 Å². The Bertz CT molecular complexity index is 1150. The molecule has 0 radical (unpaired) electrons. The quantitative estimate of drug-likeness (QED) is 0.612. The number of anilines is 1. The van der Waals surface area contributed by atoms with E-state index in [-0.39, 0.29) is 42.6 Å². The third kappa shape index (κ3) is 3.33. The van der Waals surface area contributed by atoms with Gasteiger partial charge in [0.25, 0.3) is 11.8 Å². The van der Waals surface area contributed by atoms with Crippen molar-refractivity contribution in [2.24, 2.45) is 0 Å². The summed E-state index contributed by atoms with van der Waals surface area (Å²) in [6.45, 7) is 3.80. The minimum Gasteiger partial charge on any atom is -0.452 e. The first kappa shape index (κ1) is 22.6. The topological polar surface area (TPSA) is 87.2 Å². The van der Waals surface area contributed by atoms with Crippen molar-refractivity contribution in [1.82, 2.24) is 9.80 Å². The van der Waals surface area contributed by atoms with Gasteiger partial charge in [0.1, 0.15) is 0 Å². The van der Waals surface area contributed by atoms with Gasteiger partial charge in [-0.2, -0.15) is 0 Å². The summed E-state index contributed by atoms with van der Waals surface area (Å²) in [6.07, 6.45) is 2.00. The fourth-order valence-electron chi connectivity index (χ4n) is 5.54. The summed E-state index contributed by atoms with van der Waals surface area (Å²) in [4.78, 5) is 58.9. The van der Waals surface area contributed by atoms with Crippen molar-refractivity contribution in [1.29, 1.82) is 0 Å². The predicted molar refractivity (Wildman–Crippen MR) is 126 cm³/mol. The molecule has 0 N–H and O–H groups in total. The lowest BCUT2D eigenvalue weighted by Gasteiger charge is -2.50. The molecule has 0 saturated carbocycles. The molecule has 3 aliphatic heterocycles. The molecule has 0 unspecified atom stereocenters. The van der Waals surface area contributed by atoms with Gasteiger partial charge in [0.2, 0.25) is 11.6 Å². The number of benzene rings is 1. The van der Waals surface area contributed by atoms with Crippen LogP contribution in [0.5, 0.6) is 0 Å². The number of nitrogens with zero attached hydrogens (tertiary/aromatic N) is 3. The molecule has 2 aromatic rings. The summed E-state index contributed by atoms with van der Waals surface area (Å²) in [5.74, 6) is -1.58. The monoisotopic (exact) mass is 481 g/mol. The number of hydrogen-bond donors (Lipinski definition) is 0. The number of carbonyl (C=O) groups is 4. The number of likely N-dealkylation sites (tertiary alicyclic amines) is 1. The second-order valence-corrected chi connectivity index (χ2v) is 10.1. The number of carbonyl (C=O) groups excluding carboxylic acids is 4. The van der Waals surface area contributed by atoms with Crippen LogP contribution in [0.2, 0.25) is 0 Å². The van der Waals surface area contributed by atoms with Crippen LogP contribution in [0.1, 0.15) is 60.8 Å². The van der Waals surface area contributed by atoms with Gasteiger partial charge in [-0.05, 0) is 50.3 Å². The lowest BCUT2D eigenvalue weighted by atomic mass is 9.95.